The maximum atomic E-state index is 12.9. The summed E-state index contributed by atoms with van der Waals surface area (Å²) in [5.41, 5.74) is 1.02. The number of unbranched alkanes of at least 4 members (excludes halogenated alkanes) is 2. The molecule has 0 aliphatic rings. The Morgan fingerprint density at radius 2 is 1.88 bits per heavy atom. The monoisotopic (exact) mass is 364 g/mol. The fourth-order valence-electron chi connectivity index (χ4n) is 2.11. The number of thiazole rings is 1. The summed E-state index contributed by atoms with van der Waals surface area (Å²) in [7, 11) is 0. The van der Waals surface area contributed by atoms with Crippen LogP contribution in [-0.4, -0.2) is 23.5 Å². The summed E-state index contributed by atoms with van der Waals surface area (Å²) in [5, 5.41) is 8.34. The second kappa shape index (κ2) is 9.12. The molecule has 3 amide bonds. The van der Waals surface area contributed by atoms with Gasteiger partial charge in [-0.15, -0.1) is 0 Å². The number of benzene rings is 1. The zero-order chi connectivity index (χ0) is 18.2. The van der Waals surface area contributed by atoms with Gasteiger partial charge in [-0.3, -0.25) is 10.1 Å². The molecule has 25 heavy (non-hydrogen) atoms. The third kappa shape index (κ3) is 5.82. The fraction of sp³-hybridized carbons (Fsp3) is 0.353. The summed E-state index contributed by atoms with van der Waals surface area (Å²) in [5.74, 6) is -0.561. The van der Waals surface area contributed by atoms with Crippen LogP contribution in [0.5, 0.6) is 0 Å². The minimum Gasteiger partial charge on any atom is -0.351 e. The summed E-state index contributed by atoms with van der Waals surface area (Å²) < 4.78 is 12.9. The molecule has 0 fully saturated rings. The number of halogens is 1. The lowest BCUT2D eigenvalue weighted by molar-refractivity contribution is 0.0956. The molecule has 0 atom stereocenters. The van der Waals surface area contributed by atoms with Crippen molar-refractivity contribution in [1.82, 2.24) is 10.3 Å². The summed E-state index contributed by atoms with van der Waals surface area (Å²) in [6.07, 6.45) is 3.09. The number of anilines is 2. The second-order valence-electron chi connectivity index (χ2n) is 5.48. The van der Waals surface area contributed by atoms with Gasteiger partial charge in [0.25, 0.3) is 5.91 Å². The lowest BCUT2D eigenvalue weighted by Gasteiger charge is -2.05. The van der Waals surface area contributed by atoms with Crippen LogP contribution >= 0.6 is 11.3 Å². The standard InChI is InChI=1S/C17H21FN4O2S/c1-3-4-5-10-19-15(23)14-11(2)20-17(25-14)22-16(24)21-13-8-6-12(18)7-9-13/h6-9H,3-5,10H2,1-2H3,(H,19,23)(H2,20,21,22,24). The predicted octanol–water partition coefficient (Wildman–Crippen LogP) is 4.15. The average Bonchev–Trinajstić information content (AvgIpc) is 2.94. The Labute approximate surface area is 149 Å². The van der Waals surface area contributed by atoms with Gasteiger partial charge in [0.05, 0.1) is 5.69 Å². The van der Waals surface area contributed by atoms with Crippen LogP contribution in [0.4, 0.5) is 20.0 Å². The molecule has 2 rings (SSSR count). The van der Waals surface area contributed by atoms with E-state index in [1.165, 1.54) is 24.3 Å². The topological polar surface area (TPSA) is 83.1 Å². The molecular formula is C17H21FN4O2S. The van der Waals surface area contributed by atoms with Crippen molar-refractivity contribution in [2.24, 2.45) is 0 Å². The van der Waals surface area contributed by atoms with Crippen LogP contribution in [0.1, 0.15) is 41.6 Å². The second-order valence-corrected chi connectivity index (χ2v) is 6.48. The molecule has 6 nitrogen and oxygen atoms in total. The third-order valence-corrected chi connectivity index (χ3v) is 4.46. The number of hydrogen-bond donors (Lipinski definition) is 3. The van der Waals surface area contributed by atoms with E-state index in [1.54, 1.807) is 6.92 Å². The number of nitrogens with one attached hydrogen (secondary N) is 3. The number of hydrogen-bond acceptors (Lipinski definition) is 4. The smallest absolute Gasteiger partial charge is 0.325 e. The van der Waals surface area contributed by atoms with Gasteiger partial charge in [-0.05, 0) is 37.6 Å². The van der Waals surface area contributed by atoms with E-state index in [4.69, 9.17) is 0 Å². The van der Waals surface area contributed by atoms with Gasteiger partial charge < -0.3 is 10.6 Å². The highest BCUT2D eigenvalue weighted by atomic mass is 32.1. The van der Waals surface area contributed by atoms with Crippen molar-refractivity contribution in [2.45, 2.75) is 33.1 Å². The normalized spacial score (nSPS) is 10.4. The molecule has 1 aromatic heterocycles. The number of amides is 3. The van der Waals surface area contributed by atoms with Crippen LogP contribution in [0, 0.1) is 12.7 Å². The van der Waals surface area contributed by atoms with E-state index < -0.39 is 6.03 Å². The first-order valence-corrected chi connectivity index (χ1v) is 8.90. The number of rotatable bonds is 7. The van der Waals surface area contributed by atoms with Crippen LogP contribution in [0.25, 0.3) is 0 Å². The molecule has 0 aliphatic heterocycles. The molecule has 0 saturated carbocycles. The average molecular weight is 364 g/mol. The summed E-state index contributed by atoms with van der Waals surface area (Å²) in [4.78, 5) is 28.8. The largest absolute Gasteiger partial charge is 0.351 e. The van der Waals surface area contributed by atoms with Gasteiger partial charge in [-0.1, -0.05) is 31.1 Å². The molecule has 8 heteroatoms. The zero-order valence-corrected chi connectivity index (χ0v) is 15.0. The summed E-state index contributed by atoms with van der Waals surface area (Å²) >= 11 is 1.12. The number of carbonyl (C=O) groups excluding carboxylic acids is 2. The first-order chi connectivity index (χ1) is 12.0. The SMILES string of the molecule is CCCCCNC(=O)c1sc(NC(=O)Nc2ccc(F)cc2)nc1C. The first-order valence-electron chi connectivity index (χ1n) is 8.08. The maximum absolute atomic E-state index is 12.9. The predicted molar refractivity (Wildman–Crippen MR) is 97.8 cm³/mol. The van der Waals surface area contributed by atoms with Crippen molar-refractivity contribution in [1.29, 1.82) is 0 Å². The molecular weight excluding hydrogens is 343 g/mol. The minimum absolute atomic E-state index is 0.182. The van der Waals surface area contributed by atoms with Crippen LogP contribution in [0.2, 0.25) is 0 Å². The van der Waals surface area contributed by atoms with Crippen molar-refractivity contribution < 1.29 is 14.0 Å². The zero-order valence-electron chi connectivity index (χ0n) is 14.2. The van der Waals surface area contributed by atoms with Gasteiger partial charge >= 0.3 is 6.03 Å². The molecule has 0 saturated heterocycles. The van der Waals surface area contributed by atoms with E-state index in [0.717, 1.165) is 30.6 Å². The molecule has 0 bridgehead atoms. The number of urea groups is 1. The van der Waals surface area contributed by atoms with E-state index in [0.29, 0.717) is 27.9 Å². The van der Waals surface area contributed by atoms with Gasteiger partial charge in [0.1, 0.15) is 10.7 Å². The van der Waals surface area contributed by atoms with Crippen LogP contribution < -0.4 is 16.0 Å². The molecule has 1 aromatic carbocycles. The van der Waals surface area contributed by atoms with Gasteiger partial charge in [0.15, 0.2) is 5.13 Å². The molecule has 0 unspecified atom stereocenters. The number of nitrogens with zero attached hydrogens (tertiary/aromatic N) is 1. The number of aryl methyl sites for hydroxylation is 1. The Morgan fingerprint density at radius 1 is 1.16 bits per heavy atom. The molecule has 0 aliphatic carbocycles. The first kappa shape index (κ1) is 18.9. The molecule has 3 N–H and O–H groups in total. The molecule has 2 aromatic rings. The third-order valence-electron chi connectivity index (χ3n) is 3.39. The van der Waals surface area contributed by atoms with Crippen molar-refractivity contribution in [3.8, 4) is 0 Å². The van der Waals surface area contributed by atoms with Gasteiger partial charge in [0.2, 0.25) is 0 Å². The van der Waals surface area contributed by atoms with Crippen LogP contribution in [0.3, 0.4) is 0 Å². The van der Waals surface area contributed by atoms with Gasteiger partial charge in [-0.25, -0.2) is 14.2 Å². The Hall–Kier alpha value is -2.48. The van der Waals surface area contributed by atoms with Crippen LogP contribution in [0.15, 0.2) is 24.3 Å². The lowest BCUT2D eigenvalue weighted by atomic mass is 10.2. The minimum atomic E-state index is -0.504. The van der Waals surface area contributed by atoms with E-state index in [-0.39, 0.29) is 11.7 Å². The highest BCUT2D eigenvalue weighted by Crippen LogP contribution is 2.22. The van der Waals surface area contributed by atoms with Crippen molar-refractivity contribution in [3.05, 3.63) is 40.7 Å². The Kier molecular flexibility index (Phi) is 6.88. The summed E-state index contributed by atoms with van der Waals surface area (Å²) in [6.45, 7) is 4.45. The molecule has 134 valence electrons. The van der Waals surface area contributed by atoms with Crippen LogP contribution in [-0.2, 0) is 0 Å². The number of carbonyl (C=O) groups is 2. The number of aromatic nitrogens is 1. The van der Waals surface area contributed by atoms with Gasteiger partial charge in [-0.2, -0.15) is 0 Å². The molecule has 1 heterocycles. The van der Waals surface area contributed by atoms with E-state index in [1.807, 2.05) is 0 Å². The van der Waals surface area contributed by atoms with E-state index >= 15 is 0 Å². The van der Waals surface area contributed by atoms with Crippen molar-refractivity contribution in [3.63, 3.8) is 0 Å². The van der Waals surface area contributed by atoms with Crippen molar-refractivity contribution >= 4 is 34.1 Å². The Bertz CT molecular complexity index is 731. The lowest BCUT2D eigenvalue weighted by Crippen LogP contribution is -2.24. The summed E-state index contributed by atoms with van der Waals surface area (Å²) in [6, 6.07) is 4.91. The molecule has 0 radical (unpaired) electrons. The highest BCUT2D eigenvalue weighted by molar-refractivity contribution is 7.17. The Balaban J connectivity index is 1.91. The van der Waals surface area contributed by atoms with E-state index in [2.05, 4.69) is 27.9 Å². The molecule has 0 spiro atoms. The van der Waals surface area contributed by atoms with Crippen molar-refractivity contribution in [2.75, 3.05) is 17.2 Å². The van der Waals surface area contributed by atoms with E-state index in [9.17, 15) is 14.0 Å². The quantitative estimate of drug-likeness (QED) is 0.645. The highest BCUT2D eigenvalue weighted by Gasteiger charge is 2.16. The fourth-order valence-corrected chi connectivity index (χ4v) is 2.99. The maximum Gasteiger partial charge on any atom is 0.325 e. The Morgan fingerprint density at radius 3 is 2.56 bits per heavy atom. The van der Waals surface area contributed by atoms with Gasteiger partial charge in [0, 0.05) is 12.2 Å².